The van der Waals surface area contributed by atoms with Gasteiger partial charge in [-0.05, 0) is 50.1 Å². The summed E-state index contributed by atoms with van der Waals surface area (Å²) in [5.41, 5.74) is 6.76. The van der Waals surface area contributed by atoms with E-state index in [4.69, 9.17) is 34.8 Å². The highest BCUT2D eigenvalue weighted by molar-refractivity contribution is 6.31. The first-order valence-electron chi connectivity index (χ1n) is 8.45. The Hall–Kier alpha value is -1.86. The Balaban J connectivity index is 2.15. The predicted molar refractivity (Wildman–Crippen MR) is 113 cm³/mol. The standard InChI is InChI=1S/C19H21Cl3N4O2/c1-11-6-13(21)7-14(16(11)25-18(28)19(2,3)10-20)17(27)26-24-9-12-4-5-15(22)23-8-12/h4-8,24H,9-10H2,1-3H3,(H,25,28)(H,26,27). The van der Waals surface area contributed by atoms with E-state index in [2.05, 4.69) is 21.2 Å². The molecule has 0 saturated heterocycles. The van der Waals surface area contributed by atoms with E-state index >= 15 is 0 Å². The van der Waals surface area contributed by atoms with Crippen LogP contribution in [0.5, 0.6) is 0 Å². The number of aromatic nitrogens is 1. The molecule has 1 heterocycles. The van der Waals surface area contributed by atoms with Gasteiger partial charge >= 0.3 is 0 Å². The minimum atomic E-state index is -0.790. The molecule has 28 heavy (non-hydrogen) atoms. The third-order valence-electron chi connectivity index (χ3n) is 4.02. The first-order valence-corrected chi connectivity index (χ1v) is 9.74. The molecule has 150 valence electrons. The number of anilines is 1. The molecule has 0 radical (unpaired) electrons. The molecule has 0 atom stereocenters. The van der Waals surface area contributed by atoms with E-state index in [1.165, 1.54) is 6.07 Å². The minimum absolute atomic E-state index is 0.143. The van der Waals surface area contributed by atoms with Crippen molar-refractivity contribution in [1.29, 1.82) is 0 Å². The highest BCUT2D eigenvalue weighted by atomic mass is 35.5. The molecule has 0 aliphatic carbocycles. The zero-order chi connectivity index (χ0) is 20.9. The van der Waals surface area contributed by atoms with Gasteiger partial charge in [0.05, 0.1) is 16.7 Å². The number of halogens is 3. The van der Waals surface area contributed by atoms with Gasteiger partial charge in [-0.2, -0.15) is 0 Å². The van der Waals surface area contributed by atoms with Gasteiger partial charge in [-0.1, -0.05) is 29.3 Å². The summed E-state index contributed by atoms with van der Waals surface area (Å²) >= 11 is 17.7. The summed E-state index contributed by atoms with van der Waals surface area (Å²) in [6.45, 7) is 5.55. The zero-order valence-corrected chi connectivity index (χ0v) is 18.0. The average Bonchev–Trinajstić information content (AvgIpc) is 2.64. The van der Waals surface area contributed by atoms with Crippen molar-refractivity contribution in [3.8, 4) is 0 Å². The summed E-state index contributed by atoms with van der Waals surface area (Å²) in [5.74, 6) is -0.586. The van der Waals surface area contributed by atoms with Crippen molar-refractivity contribution in [2.45, 2.75) is 27.3 Å². The number of nitrogens with zero attached hydrogens (tertiary/aromatic N) is 1. The van der Waals surface area contributed by atoms with Crippen LogP contribution in [0.1, 0.15) is 35.3 Å². The Kier molecular flexibility index (Phi) is 7.66. The molecule has 0 fully saturated rings. The molecule has 0 spiro atoms. The molecule has 2 amide bonds. The van der Waals surface area contributed by atoms with Gasteiger partial charge in [-0.15, -0.1) is 11.6 Å². The number of aryl methyl sites for hydroxylation is 1. The Labute approximate surface area is 178 Å². The third kappa shape index (κ3) is 5.82. The Bertz CT molecular complexity index is 870. The quantitative estimate of drug-likeness (QED) is 0.338. The highest BCUT2D eigenvalue weighted by Gasteiger charge is 2.28. The second kappa shape index (κ2) is 9.56. The van der Waals surface area contributed by atoms with Gasteiger partial charge in [0.25, 0.3) is 5.91 Å². The maximum absolute atomic E-state index is 12.7. The fourth-order valence-corrected chi connectivity index (χ4v) is 2.74. The van der Waals surface area contributed by atoms with E-state index < -0.39 is 11.3 Å². The van der Waals surface area contributed by atoms with E-state index in [1.807, 2.05) is 0 Å². The van der Waals surface area contributed by atoms with Gasteiger partial charge < -0.3 is 5.32 Å². The molecule has 0 aliphatic rings. The predicted octanol–water partition coefficient (Wildman–Crippen LogP) is 4.33. The van der Waals surface area contributed by atoms with E-state index in [9.17, 15) is 9.59 Å². The lowest BCUT2D eigenvalue weighted by atomic mass is 9.94. The van der Waals surface area contributed by atoms with Gasteiger partial charge in [-0.25, -0.2) is 10.4 Å². The number of carbonyl (C=O) groups excluding carboxylic acids is 2. The van der Waals surface area contributed by atoms with Crippen LogP contribution < -0.4 is 16.2 Å². The molecule has 0 aliphatic heterocycles. The van der Waals surface area contributed by atoms with Gasteiger partial charge in [0.15, 0.2) is 0 Å². The second-order valence-electron chi connectivity index (χ2n) is 6.91. The monoisotopic (exact) mass is 442 g/mol. The number of hydrazine groups is 1. The van der Waals surface area contributed by atoms with Gasteiger partial charge in [0.2, 0.25) is 5.91 Å². The number of hydrogen-bond donors (Lipinski definition) is 3. The van der Waals surface area contributed by atoms with Crippen LogP contribution in [0.3, 0.4) is 0 Å². The van der Waals surface area contributed by atoms with Gasteiger partial charge in [0, 0.05) is 23.6 Å². The summed E-state index contributed by atoms with van der Waals surface area (Å²) < 4.78 is 0. The van der Waals surface area contributed by atoms with Crippen LogP contribution in [0.25, 0.3) is 0 Å². The molecule has 0 bridgehead atoms. The SMILES string of the molecule is Cc1cc(Cl)cc(C(=O)NNCc2ccc(Cl)nc2)c1NC(=O)C(C)(C)CCl. The van der Waals surface area contributed by atoms with Gasteiger partial charge in [-0.3, -0.25) is 15.0 Å². The average molecular weight is 444 g/mol. The lowest BCUT2D eigenvalue weighted by molar-refractivity contribution is -0.122. The lowest BCUT2D eigenvalue weighted by Crippen LogP contribution is -2.38. The number of nitrogens with one attached hydrogen (secondary N) is 3. The van der Waals surface area contributed by atoms with E-state index in [-0.39, 0.29) is 17.4 Å². The minimum Gasteiger partial charge on any atom is -0.325 e. The van der Waals surface area contributed by atoms with E-state index in [1.54, 1.807) is 45.2 Å². The summed E-state index contributed by atoms with van der Waals surface area (Å²) in [6.07, 6.45) is 1.60. The highest BCUT2D eigenvalue weighted by Crippen LogP contribution is 2.28. The maximum atomic E-state index is 12.7. The van der Waals surface area contributed by atoms with Crippen LogP contribution in [0.2, 0.25) is 10.2 Å². The molecule has 2 rings (SSSR count). The van der Waals surface area contributed by atoms with Crippen molar-refractivity contribution in [2.75, 3.05) is 11.2 Å². The Morgan fingerprint density at radius 2 is 1.89 bits per heavy atom. The van der Waals surface area contributed by atoms with E-state index in [0.717, 1.165) is 5.56 Å². The Morgan fingerprint density at radius 1 is 1.18 bits per heavy atom. The Morgan fingerprint density at radius 3 is 2.50 bits per heavy atom. The topological polar surface area (TPSA) is 83.1 Å². The number of amides is 2. The number of carbonyl (C=O) groups is 2. The molecular weight excluding hydrogens is 423 g/mol. The largest absolute Gasteiger partial charge is 0.325 e. The second-order valence-corrected chi connectivity index (χ2v) is 8.00. The first-order chi connectivity index (χ1) is 13.1. The molecule has 9 heteroatoms. The number of hydrogen-bond acceptors (Lipinski definition) is 4. The van der Waals surface area contributed by atoms with Crippen molar-refractivity contribution >= 4 is 52.3 Å². The summed E-state index contributed by atoms with van der Waals surface area (Å²) in [5, 5.41) is 3.58. The molecule has 1 aromatic carbocycles. The van der Waals surface area contributed by atoms with Crippen molar-refractivity contribution < 1.29 is 9.59 Å². The molecule has 0 unspecified atom stereocenters. The fourth-order valence-electron chi connectivity index (χ4n) is 2.24. The maximum Gasteiger partial charge on any atom is 0.267 e. The van der Waals surface area contributed by atoms with Crippen LogP contribution in [-0.4, -0.2) is 22.7 Å². The smallest absolute Gasteiger partial charge is 0.267 e. The third-order valence-corrected chi connectivity index (χ3v) is 5.13. The normalized spacial score (nSPS) is 11.2. The summed E-state index contributed by atoms with van der Waals surface area (Å²) in [7, 11) is 0. The zero-order valence-electron chi connectivity index (χ0n) is 15.7. The lowest BCUT2D eigenvalue weighted by Gasteiger charge is -2.22. The number of rotatable bonds is 7. The van der Waals surface area contributed by atoms with Crippen molar-refractivity contribution in [2.24, 2.45) is 5.41 Å². The number of pyridine rings is 1. The van der Waals surface area contributed by atoms with Crippen LogP contribution >= 0.6 is 34.8 Å². The fraction of sp³-hybridized carbons (Fsp3) is 0.316. The van der Waals surface area contributed by atoms with Crippen molar-refractivity contribution in [3.05, 3.63) is 57.3 Å². The van der Waals surface area contributed by atoms with Crippen LogP contribution in [0.4, 0.5) is 5.69 Å². The van der Waals surface area contributed by atoms with Crippen LogP contribution in [0, 0.1) is 12.3 Å². The molecular formula is C19H21Cl3N4O2. The number of alkyl halides is 1. The first kappa shape index (κ1) is 22.4. The van der Waals surface area contributed by atoms with E-state index in [0.29, 0.717) is 28.0 Å². The van der Waals surface area contributed by atoms with Gasteiger partial charge in [0.1, 0.15) is 5.15 Å². The molecule has 6 nitrogen and oxygen atoms in total. The van der Waals surface area contributed by atoms with Crippen LogP contribution in [0.15, 0.2) is 30.5 Å². The van der Waals surface area contributed by atoms with Crippen molar-refractivity contribution in [3.63, 3.8) is 0 Å². The molecule has 2 aromatic rings. The molecule has 0 saturated carbocycles. The van der Waals surface area contributed by atoms with Crippen molar-refractivity contribution in [1.82, 2.24) is 15.8 Å². The van der Waals surface area contributed by atoms with Crippen LogP contribution in [-0.2, 0) is 11.3 Å². The number of benzene rings is 1. The molecule has 1 aromatic heterocycles. The summed E-state index contributed by atoms with van der Waals surface area (Å²) in [4.78, 5) is 29.2. The summed E-state index contributed by atoms with van der Waals surface area (Å²) in [6, 6.07) is 6.62. The molecule has 3 N–H and O–H groups in total.